The first-order chi connectivity index (χ1) is 6.61. The smallest absolute Gasteiger partial charge is 0.273 e. The Labute approximate surface area is 82.5 Å². The molecule has 1 aromatic rings. The van der Waals surface area contributed by atoms with Crippen LogP contribution in [0.25, 0.3) is 0 Å². The van der Waals surface area contributed by atoms with Crippen molar-refractivity contribution < 1.29 is 9.18 Å². The summed E-state index contributed by atoms with van der Waals surface area (Å²) < 4.78 is 13.5. The van der Waals surface area contributed by atoms with Gasteiger partial charge in [-0.1, -0.05) is 30.3 Å². The maximum Gasteiger partial charge on any atom is 0.273 e. The first-order valence-corrected chi connectivity index (χ1v) is 4.28. The van der Waals surface area contributed by atoms with Gasteiger partial charge in [0.15, 0.2) is 0 Å². The van der Waals surface area contributed by atoms with Crippen LogP contribution >= 0.6 is 0 Å². The van der Waals surface area contributed by atoms with Crippen LogP contribution in [-0.4, -0.2) is 25.0 Å². The summed E-state index contributed by atoms with van der Waals surface area (Å²) in [5.74, 6) is -0.652. The number of nitrogens with one attached hydrogen (secondary N) is 1. The normalized spacial score (nSPS) is 12.6. The van der Waals surface area contributed by atoms with Crippen LogP contribution in [0.15, 0.2) is 30.3 Å². The fourth-order valence-electron chi connectivity index (χ4n) is 1.05. The third-order valence-electron chi connectivity index (χ3n) is 1.66. The highest BCUT2D eigenvalue weighted by Gasteiger charge is 2.19. The molecule has 0 spiro atoms. The molecule has 3 nitrogen and oxygen atoms in total. The van der Waals surface area contributed by atoms with E-state index in [1.165, 1.54) is 5.01 Å². The van der Waals surface area contributed by atoms with Crippen molar-refractivity contribution in [1.29, 1.82) is 0 Å². The van der Waals surface area contributed by atoms with E-state index in [2.05, 4.69) is 5.43 Å². The van der Waals surface area contributed by atoms with E-state index in [0.717, 1.165) is 0 Å². The van der Waals surface area contributed by atoms with Gasteiger partial charge in [-0.25, -0.2) is 9.40 Å². The highest BCUT2D eigenvalue weighted by molar-refractivity contribution is 5.81. The number of benzene rings is 1. The number of hydrazine groups is 1. The van der Waals surface area contributed by atoms with Gasteiger partial charge >= 0.3 is 0 Å². The molecule has 0 saturated heterocycles. The van der Waals surface area contributed by atoms with E-state index in [4.69, 9.17) is 0 Å². The third kappa shape index (κ3) is 2.81. The van der Waals surface area contributed by atoms with Gasteiger partial charge in [-0.3, -0.25) is 10.2 Å². The summed E-state index contributed by atoms with van der Waals surface area (Å²) in [6, 6.07) is 8.34. The molecule has 0 aliphatic heterocycles. The molecule has 0 aliphatic carbocycles. The molecule has 4 heteroatoms. The maximum absolute atomic E-state index is 13.5. The second kappa shape index (κ2) is 4.72. The molecule has 1 rings (SSSR count). The lowest BCUT2D eigenvalue weighted by molar-refractivity contribution is -0.130. The molecule has 1 unspecified atom stereocenters. The lowest BCUT2D eigenvalue weighted by Crippen LogP contribution is -2.38. The predicted octanol–water partition coefficient (Wildman–Crippen LogP) is 1.29. The molecule has 0 aliphatic rings. The molecule has 1 atom stereocenters. The zero-order chi connectivity index (χ0) is 10.6. The summed E-state index contributed by atoms with van der Waals surface area (Å²) in [4.78, 5) is 11.2. The Morgan fingerprint density at radius 3 is 2.43 bits per heavy atom. The van der Waals surface area contributed by atoms with Crippen LogP contribution in [0, 0.1) is 0 Å². The molecule has 1 aromatic carbocycles. The summed E-state index contributed by atoms with van der Waals surface area (Å²) >= 11 is 0. The molecule has 1 N–H and O–H groups in total. The molecule has 0 fully saturated rings. The van der Waals surface area contributed by atoms with Crippen molar-refractivity contribution in [2.45, 2.75) is 6.17 Å². The van der Waals surface area contributed by atoms with Crippen LogP contribution in [0.3, 0.4) is 0 Å². The first kappa shape index (κ1) is 10.7. The Kier molecular flexibility index (Phi) is 3.59. The minimum Gasteiger partial charge on any atom is -0.287 e. The zero-order valence-corrected chi connectivity index (χ0v) is 8.20. The Bertz CT molecular complexity index is 300. The van der Waals surface area contributed by atoms with E-state index in [0.29, 0.717) is 5.56 Å². The lowest BCUT2D eigenvalue weighted by Gasteiger charge is -2.14. The highest BCUT2D eigenvalue weighted by Crippen LogP contribution is 2.16. The fraction of sp³-hybridized carbons (Fsp3) is 0.300. The van der Waals surface area contributed by atoms with Crippen molar-refractivity contribution in [3.63, 3.8) is 0 Å². The molecular weight excluding hydrogens is 183 g/mol. The first-order valence-electron chi connectivity index (χ1n) is 4.28. The average molecular weight is 196 g/mol. The summed E-state index contributed by atoms with van der Waals surface area (Å²) in [5, 5.41) is 1.41. The number of nitrogens with zero attached hydrogens (tertiary/aromatic N) is 1. The van der Waals surface area contributed by atoms with Crippen LogP contribution in [-0.2, 0) is 4.79 Å². The number of alkyl halides is 1. The number of amides is 1. The molecule has 0 aromatic heterocycles. The Morgan fingerprint density at radius 1 is 1.36 bits per heavy atom. The lowest BCUT2D eigenvalue weighted by atomic mass is 10.1. The van der Waals surface area contributed by atoms with Crippen LogP contribution < -0.4 is 5.43 Å². The van der Waals surface area contributed by atoms with Gasteiger partial charge in [-0.15, -0.1) is 0 Å². The third-order valence-corrected chi connectivity index (χ3v) is 1.66. The van der Waals surface area contributed by atoms with E-state index in [1.54, 1.807) is 44.4 Å². The number of halogens is 1. The predicted molar refractivity (Wildman–Crippen MR) is 52.1 cm³/mol. The van der Waals surface area contributed by atoms with Crippen LogP contribution in [0.5, 0.6) is 0 Å². The summed E-state index contributed by atoms with van der Waals surface area (Å²) in [7, 11) is 3.27. The fourth-order valence-corrected chi connectivity index (χ4v) is 1.05. The van der Waals surface area contributed by atoms with Crippen molar-refractivity contribution in [2.24, 2.45) is 0 Å². The quantitative estimate of drug-likeness (QED) is 0.739. The minimum atomic E-state index is -1.61. The van der Waals surface area contributed by atoms with E-state index in [9.17, 15) is 9.18 Å². The zero-order valence-electron chi connectivity index (χ0n) is 8.20. The summed E-state index contributed by atoms with van der Waals surface area (Å²) in [6.07, 6.45) is -1.61. The van der Waals surface area contributed by atoms with Gasteiger partial charge in [0, 0.05) is 14.1 Å². The van der Waals surface area contributed by atoms with E-state index in [-0.39, 0.29) is 0 Å². The van der Waals surface area contributed by atoms with E-state index in [1.807, 2.05) is 0 Å². The molecule has 76 valence electrons. The van der Waals surface area contributed by atoms with Gasteiger partial charge in [0.1, 0.15) is 0 Å². The Morgan fingerprint density at radius 2 is 1.93 bits per heavy atom. The molecule has 0 radical (unpaired) electrons. The second-order valence-corrected chi connectivity index (χ2v) is 3.14. The van der Waals surface area contributed by atoms with Crippen LogP contribution in [0.1, 0.15) is 11.7 Å². The Hall–Kier alpha value is -1.42. The topological polar surface area (TPSA) is 32.3 Å². The van der Waals surface area contributed by atoms with Crippen LogP contribution in [0.2, 0.25) is 0 Å². The van der Waals surface area contributed by atoms with Gasteiger partial charge in [0.25, 0.3) is 5.91 Å². The van der Waals surface area contributed by atoms with Gasteiger partial charge in [-0.05, 0) is 5.56 Å². The average Bonchev–Trinajstić information content (AvgIpc) is 2.17. The molecule has 1 amide bonds. The largest absolute Gasteiger partial charge is 0.287 e. The molecule has 0 saturated carbocycles. The van der Waals surface area contributed by atoms with E-state index >= 15 is 0 Å². The molecular formula is C10H13FN2O. The highest BCUT2D eigenvalue weighted by atomic mass is 19.1. The van der Waals surface area contributed by atoms with E-state index < -0.39 is 12.1 Å². The minimum absolute atomic E-state index is 0.367. The SMILES string of the molecule is CN(C)NC(=O)C(F)c1ccccc1. The van der Waals surface area contributed by atoms with Gasteiger partial charge in [-0.2, -0.15) is 0 Å². The monoisotopic (exact) mass is 196 g/mol. The second-order valence-electron chi connectivity index (χ2n) is 3.14. The van der Waals surface area contributed by atoms with Crippen LogP contribution in [0.4, 0.5) is 4.39 Å². The van der Waals surface area contributed by atoms with Gasteiger partial charge in [0.2, 0.25) is 6.17 Å². The van der Waals surface area contributed by atoms with Crippen molar-refractivity contribution in [2.75, 3.05) is 14.1 Å². The van der Waals surface area contributed by atoms with Crippen molar-refractivity contribution in [3.8, 4) is 0 Å². The summed E-state index contributed by atoms with van der Waals surface area (Å²) in [5.41, 5.74) is 2.73. The Balaban J connectivity index is 2.66. The molecule has 0 heterocycles. The van der Waals surface area contributed by atoms with Crippen molar-refractivity contribution in [1.82, 2.24) is 10.4 Å². The maximum atomic E-state index is 13.5. The summed E-state index contributed by atoms with van der Waals surface area (Å²) in [6.45, 7) is 0. The van der Waals surface area contributed by atoms with Crippen molar-refractivity contribution >= 4 is 5.91 Å². The molecule has 14 heavy (non-hydrogen) atoms. The van der Waals surface area contributed by atoms with Gasteiger partial charge in [0.05, 0.1) is 0 Å². The van der Waals surface area contributed by atoms with Crippen molar-refractivity contribution in [3.05, 3.63) is 35.9 Å². The molecule has 0 bridgehead atoms. The number of hydrogen-bond donors (Lipinski definition) is 1. The number of carbonyl (C=O) groups excluding carboxylic acids is 1. The number of rotatable bonds is 3. The standard InChI is InChI=1S/C10H13FN2O/c1-13(2)12-10(14)9(11)8-6-4-3-5-7-8/h3-7,9H,1-2H3,(H,12,14). The van der Waals surface area contributed by atoms with Gasteiger partial charge < -0.3 is 0 Å². The number of hydrogen-bond acceptors (Lipinski definition) is 2. The number of carbonyl (C=O) groups is 1.